The maximum Gasteiger partial charge on any atom is 0.264 e. The van der Waals surface area contributed by atoms with Crippen LogP contribution in [0.2, 0.25) is 0 Å². The van der Waals surface area contributed by atoms with E-state index in [1.54, 1.807) is 0 Å². The summed E-state index contributed by atoms with van der Waals surface area (Å²) in [5, 5.41) is 0.372. The highest BCUT2D eigenvalue weighted by molar-refractivity contribution is 7.71. The Bertz CT molecular complexity index is 1140. The normalized spacial score (nSPS) is 14.7. The number of aromatic nitrogens is 4. The second-order valence-electron chi connectivity index (χ2n) is 7.23. The second-order valence-corrected chi connectivity index (χ2v) is 7.61. The van der Waals surface area contributed by atoms with E-state index in [1.165, 1.54) is 12.0 Å². The third kappa shape index (κ3) is 3.16. The molecule has 1 fully saturated rings. The van der Waals surface area contributed by atoms with Crippen LogP contribution in [0.1, 0.15) is 36.2 Å². The van der Waals surface area contributed by atoms with E-state index in [2.05, 4.69) is 32.8 Å². The van der Waals surface area contributed by atoms with Gasteiger partial charge in [-0.15, -0.1) is 0 Å². The van der Waals surface area contributed by atoms with E-state index in [0.29, 0.717) is 21.6 Å². The monoisotopic (exact) mass is 381 g/mol. The minimum Gasteiger partial charge on any atom is -0.342 e. The minimum atomic E-state index is -0.225. The van der Waals surface area contributed by atoms with Crippen LogP contribution in [0.25, 0.3) is 16.7 Å². The number of hydrogen-bond donors (Lipinski definition) is 1. The number of benzene rings is 1. The summed E-state index contributed by atoms with van der Waals surface area (Å²) in [4.78, 5) is 27.2. The Kier molecular flexibility index (Phi) is 4.55. The van der Waals surface area contributed by atoms with Crippen molar-refractivity contribution in [3.05, 3.63) is 50.1 Å². The quantitative estimate of drug-likeness (QED) is 0.685. The van der Waals surface area contributed by atoms with Gasteiger partial charge in [-0.2, -0.15) is 4.98 Å². The number of nitrogens with zero attached hydrogens (tertiary/aromatic N) is 4. The topological polar surface area (TPSA) is 66.8 Å². The molecule has 7 heteroatoms. The van der Waals surface area contributed by atoms with Crippen LogP contribution in [0.3, 0.4) is 0 Å². The smallest absolute Gasteiger partial charge is 0.264 e. The van der Waals surface area contributed by atoms with E-state index >= 15 is 0 Å². The van der Waals surface area contributed by atoms with Gasteiger partial charge >= 0.3 is 0 Å². The Hall–Kier alpha value is -2.54. The number of aromatic amines is 1. The Morgan fingerprint density at radius 1 is 1.07 bits per heavy atom. The highest BCUT2D eigenvalue weighted by atomic mass is 32.1. The van der Waals surface area contributed by atoms with Crippen molar-refractivity contribution in [2.75, 3.05) is 18.0 Å². The van der Waals surface area contributed by atoms with Crippen molar-refractivity contribution in [3.8, 4) is 5.69 Å². The van der Waals surface area contributed by atoms with Crippen LogP contribution in [-0.2, 0) is 0 Å². The highest BCUT2D eigenvalue weighted by Crippen LogP contribution is 2.22. The highest BCUT2D eigenvalue weighted by Gasteiger charge is 2.18. The van der Waals surface area contributed by atoms with Gasteiger partial charge in [0.05, 0.1) is 5.69 Å². The number of anilines is 1. The molecule has 4 rings (SSSR count). The number of aryl methyl sites for hydroxylation is 3. The zero-order valence-corrected chi connectivity index (χ0v) is 16.7. The van der Waals surface area contributed by atoms with Crippen LogP contribution in [0, 0.1) is 25.4 Å². The van der Waals surface area contributed by atoms with Gasteiger partial charge in [0, 0.05) is 13.1 Å². The summed E-state index contributed by atoms with van der Waals surface area (Å²) in [5.74, 6) is 1.32. The lowest BCUT2D eigenvalue weighted by Gasteiger charge is -2.27. The van der Waals surface area contributed by atoms with Crippen molar-refractivity contribution in [1.82, 2.24) is 19.5 Å². The molecular formula is C20H23N5OS. The molecule has 1 aliphatic rings. The Balaban J connectivity index is 1.93. The van der Waals surface area contributed by atoms with Gasteiger partial charge in [0.25, 0.3) is 5.56 Å². The van der Waals surface area contributed by atoms with Gasteiger partial charge in [-0.05, 0) is 51.7 Å². The van der Waals surface area contributed by atoms with E-state index in [9.17, 15) is 4.79 Å². The molecule has 3 heterocycles. The van der Waals surface area contributed by atoms with Crippen LogP contribution in [0.15, 0.2) is 23.0 Å². The van der Waals surface area contributed by atoms with Gasteiger partial charge in [-0.3, -0.25) is 14.3 Å². The van der Waals surface area contributed by atoms with Crippen LogP contribution in [0.4, 0.5) is 5.95 Å². The summed E-state index contributed by atoms with van der Waals surface area (Å²) in [5.41, 5.74) is 3.40. The van der Waals surface area contributed by atoms with E-state index in [4.69, 9.17) is 12.2 Å². The molecule has 0 spiro atoms. The number of H-pyrrole nitrogens is 1. The lowest BCUT2D eigenvalue weighted by molar-refractivity contribution is 0.568. The first-order chi connectivity index (χ1) is 13.0. The summed E-state index contributed by atoms with van der Waals surface area (Å²) in [6, 6.07) is 6.16. The molecular weight excluding hydrogens is 358 g/mol. The number of piperidine rings is 1. The molecule has 1 aliphatic heterocycles. The SMILES string of the molecule is Cc1ccc(-n2c(C)nc3nc(N4CCCCC4)[nH]c(=O)c3c2=S)c(C)c1. The van der Waals surface area contributed by atoms with Gasteiger partial charge in [0.2, 0.25) is 5.95 Å². The molecule has 0 amide bonds. The van der Waals surface area contributed by atoms with Crippen molar-refractivity contribution in [2.24, 2.45) is 0 Å². The first kappa shape index (κ1) is 17.9. The first-order valence-electron chi connectivity index (χ1n) is 9.32. The predicted octanol–water partition coefficient (Wildman–Crippen LogP) is 3.75. The van der Waals surface area contributed by atoms with Crippen molar-refractivity contribution in [3.63, 3.8) is 0 Å². The molecule has 1 N–H and O–H groups in total. The van der Waals surface area contributed by atoms with Crippen LogP contribution >= 0.6 is 12.2 Å². The molecule has 6 nitrogen and oxygen atoms in total. The standard InChI is InChI=1S/C20H23N5OS/c1-12-7-8-15(13(2)11-12)25-14(3)21-17-16(19(25)27)18(26)23-20(22-17)24-9-5-4-6-10-24/h7-8,11H,4-6,9-10H2,1-3H3,(H,22,23,26). The van der Waals surface area contributed by atoms with Crippen molar-refractivity contribution in [2.45, 2.75) is 40.0 Å². The van der Waals surface area contributed by atoms with E-state index in [-0.39, 0.29) is 5.56 Å². The number of fused-ring (bicyclic) bond motifs is 1. The second kappa shape index (κ2) is 6.88. The molecule has 0 bridgehead atoms. The summed E-state index contributed by atoms with van der Waals surface area (Å²) in [6.07, 6.45) is 3.45. The zero-order chi connectivity index (χ0) is 19.1. The molecule has 27 heavy (non-hydrogen) atoms. The molecule has 1 saturated heterocycles. The van der Waals surface area contributed by atoms with Crippen LogP contribution in [-0.4, -0.2) is 32.6 Å². The Labute approximate surface area is 162 Å². The fraction of sp³-hybridized carbons (Fsp3) is 0.400. The average molecular weight is 382 g/mol. The molecule has 0 atom stereocenters. The minimum absolute atomic E-state index is 0.225. The fourth-order valence-electron chi connectivity index (χ4n) is 3.78. The zero-order valence-electron chi connectivity index (χ0n) is 15.9. The third-order valence-electron chi connectivity index (χ3n) is 5.14. The first-order valence-corrected chi connectivity index (χ1v) is 9.73. The van der Waals surface area contributed by atoms with Crippen LogP contribution < -0.4 is 10.5 Å². The van der Waals surface area contributed by atoms with Crippen molar-refractivity contribution < 1.29 is 0 Å². The lowest BCUT2D eigenvalue weighted by atomic mass is 10.1. The molecule has 3 aromatic rings. The van der Waals surface area contributed by atoms with Gasteiger partial charge in [-0.25, -0.2) is 4.98 Å². The number of hydrogen-bond acceptors (Lipinski definition) is 5. The van der Waals surface area contributed by atoms with E-state index < -0.39 is 0 Å². The van der Waals surface area contributed by atoms with Crippen LogP contribution in [0.5, 0.6) is 0 Å². The van der Waals surface area contributed by atoms with Gasteiger partial charge < -0.3 is 4.90 Å². The lowest BCUT2D eigenvalue weighted by Crippen LogP contribution is -2.32. The van der Waals surface area contributed by atoms with Gasteiger partial charge in [0.15, 0.2) is 5.65 Å². The summed E-state index contributed by atoms with van der Waals surface area (Å²) in [7, 11) is 0. The van der Waals surface area contributed by atoms with Crippen molar-refractivity contribution >= 4 is 29.2 Å². The van der Waals surface area contributed by atoms with E-state index in [0.717, 1.165) is 43.0 Å². The molecule has 2 aromatic heterocycles. The van der Waals surface area contributed by atoms with Gasteiger partial charge in [0.1, 0.15) is 15.9 Å². The van der Waals surface area contributed by atoms with Crippen molar-refractivity contribution in [1.29, 1.82) is 0 Å². The number of rotatable bonds is 2. The van der Waals surface area contributed by atoms with E-state index in [1.807, 2.05) is 30.5 Å². The third-order valence-corrected chi connectivity index (χ3v) is 5.53. The number of nitrogens with one attached hydrogen (secondary N) is 1. The largest absolute Gasteiger partial charge is 0.342 e. The maximum absolute atomic E-state index is 12.9. The summed E-state index contributed by atoms with van der Waals surface area (Å²) < 4.78 is 2.31. The maximum atomic E-state index is 12.9. The molecule has 0 aliphatic carbocycles. The summed E-state index contributed by atoms with van der Waals surface area (Å²) in [6.45, 7) is 7.80. The Morgan fingerprint density at radius 2 is 1.81 bits per heavy atom. The molecule has 0 saturated carbocycles. The fourth-order valence-corrected chi connectivity index (χ4v) is 4.20. The Morgan fingerprint density at radius 3 is 2.52 bits per heavy atom. The molecule has 1 aromatic carbocycles. The molecule has 0 unspecified atom stereocenters. The predicted molar refractivity (Wildman–Crippen MR) is 111 cm³/mol. The average Bonchev–Trinajstić information content (AvgIpc) is 2.63. The summed E-state index contributed by atoms with van der Waals surface area (Å²) >= 11 is 5.69. The molecule has 0 radical (unpaired) electrons. The van der Waals surface area contributed by atoms with Gasteiger partial charge in [-0.1, -0.05) is 29.9 Å². The molecule has 140 valence electrons.